The fourth-order valence-corrected chi connectivity index (χ4v) is 1.93. The van der Waals surface area contributed by atoms with Gasteiger partial charge in [0.15, 0.2) is 0 Å². The predicted octanol–water partition coefficient (Wildman–Crippen LogP) is 2.88. The Morgan fingerprint density at radius 3 is 2.78 bits per heavy atom. The molecule has 0 amide bonds. The minimum absolute atomic E-state index is 0.266. The number of carboxylic acids is 1. The number of rotatable bonds is 5. The zero-order chi connectivity index (χ0) is 13.1. The fourth-order valence-electron chi connectivity index (χ4n) is 1.93. The number of para-hydroxylation sites is 1. The van der Waals surface area contributed by atoms with Crippen molar-refractivity contribution in [3.05, 3.63) is 35.6 Å². The van der Waals surface area contributed by atoms with Crippen molar-refractivity contribution in [2.75, 3.05) is 6.54 Å². The van der Waals surface area contributed by atoms with Gasteiger partial charge in [-0.15, -0.1) is 0 Å². The van der Waals surface area contributed by atoms with Gasteiger partial charge in [0.1, 0.15) is 16.9 Å². The highest BCUT2D eigenvalue weighted by Crippen LogP contribution is 2.25. The van der Waals surface area contributed by atoms with Crippen LogP contribution < -0.4 is 5.32 Å². The Hall–Kier alpha value is -1.81. The molecule has 1 aromatic carbocycles. The Balaban J connectivity index is 2.31. The van der Waals surface area contributed by atoms with Crippen molar-refractivity contribution < 1.29 is 14.3 Å². The van der Waals surface area contributed by atoms with Crippen LogP contribution in [0.25, 0.3) is 11.0 Å². The van der Waals surface area contributed by atoms with Gasteiger partial charge in [-0.25, -0.2) is 4.79 Å². The van der Waals surface area contributed by atoms with Crippen LogP contribution in [-0.4, -0.2) is 17.6 Å². The number of hydrogen-bond acceptors (Lipinski definition) is 3. The molecule has 0 aliphatic heterocycles. The summed E-state index contributed by atoms with van der Waals surface area (Å²) >= 11 is 0. The van der Waals surface area contributed by atoms with Crippen molar-refractivity contribution in [1.82, 2.24) is 5.32 Å². The van der Waals surface area contributed by atoms with Gasteiger partial charge in [-0.05, 0) is 18.5 Å². The van der Waals surface area contributed by atoms with Gasteiger partial charge in [0.05, 0.1) is 6.54 Å². The van der Waals surface area contributed by atoms with Gasteiger partial charge in [0, 0.05) is 5.39 Å². The number of benzene rings is 1. The summed E-state index contributed by atoms with van der Waals surface area (Å²) in [4.78, 5) is 11.3. The molecule has 4 nitrogen and oxygen atoms in total. The second-order valence-corrected chi connectivity index (χ2v) is 4.73. The minimum Gasteiger partial charge on any atom is -0.478 e. The third-order valence-corrected chi connectivity index (χ3v) is 2.72. The second-order valence-electron chi connectivity index (χ2n) is 4.73. The molecule has 0 aliphatic carbocycles. The second kappa shape index (κ2) is 5.23. The topological polar surface area (TPSA) is 62.5 Å². The molecular formula is C14H17NO3. The van der Waals surface area contributed by atoms with E-state index in [0.717, 1.165) is 6.54 Å². The maximum absolute atomic E-state index is 11.3. The number of fused-ring (bicyclic) bond motifs is 1. The van der Waals surface area contributed by atoms with E-state index >= 15 is 0 Å². The highest BCUT2D eigenvalue weighted by molar-refractivity contribution is 6.03. The lowest BCUT2D eigenvalue weighted by Crippen LogP contribution is -2.19. The van der Waals surface area contributed by atoms with Crippen molar-refractivity contribution in [1.29, 1.82) is 0 Å². The zero-order valence-corrected chi connectivity index (χ0v) is 10.6. The molecule has 0 saturated heterocycles. The van der Waals surface area contributed by atoms with Crippen molar-refractivity contribution in [2.45, 2.75) is 20.4 Å². The van der Waals surface area contributed by atoms with E-state index < -0.39 is 5.97 Å². The third-order valence-electron chi connectivity index (χ3n) is 2.72. The molecule has 1 heterocycles. The first kappa shape index (κ1) is 12.6. The Morgan fingerprint density at radius 1 is 1.39 bits per heavy atom. The molecule has 0 saturated carbocycles. The monoisotopic (exact) mass is 247 g/mol. The smallest absolute Gasteiger partial charge is 0.339 e. The number of carboxylic acid groups (broad SMARTS) is 1. The van der Waals surface area contributed by atoms with E-state index in [1.807, 2.05) is 12.1 Å². The lowest BCUT2D eigenvalue weighted by Gasteiger charge is -2.05. The number of carbonyl (C=O) groups is 1. The fraction of sp³-hybridized carbons (Fsp3) is 0.357. The number of furan rings is 1. The van der Waals surface area contributed by atoms with Crippen molar-refractivity contribution in [2.24, 2.45) is 5.92 Å². The quantitative estimate of drug-likeness (QED) is 0.852. The molecular weight excluding hydrogens is 230 g/mol. The summed E-state index contributed by atoms with van der Waals surface area (Å²) in [6.07, 6.45) is 0. The van der Waals surface area contributed by atoms with E-state index in [2.05, 4.69) is 19.2 Å². The van der Waals surface area contributed by atoms with Crippen LogP contribution in [0.15, 0.2) is 28.7 Å². The molecule has 0 aliphatic rings. The Morgan fingerprint density at radius 2 is 2.11 bits per heavy atom. The summed E-state index contributed by atoms with van der Waals surface area (Å²) in [5.41, 5.74) is 0.887. The minimum atomic E-state index is -0.943. The molecule has 4 heteroatoms. The molecule has 0 bridgehead atoms. The lowest BCUT2D eigenvalue weighted by molar-refractivity contribution is 0.0696. The van der Waals surface area contributed by atoms with Gasteiger partial charge < -0.3 is 14.8 Å². The predicted molar refractivity (Wildman–Crippen MR) is 69.7 cm³/mol. The van der Waals surface area contributed by atoms with E-state index in [0.29, 0.717) is 29.2 Å². The normalized spacial score (nSPS) is 11.3. The van der Waals surface area contributed by atoms with Gasteiger partial charge in [-0.3, -0.25) is 0 Å². The molecule has 0 atom stereocenters. The Kier molecular flexibility index (Phi) is 3.67. The van der Waals surface area contributed by atoms with Gasteiger partial charge in [-0.2, -0.15) is 0 Å². The molecule has 0 radical (unpaired) electrons. The van der Waals surface area contributed by atoms with Crippen LogP contribution in [0.5, 0.6) is 0 Å². The maximum Gasteiger partial charge on any atom is 0.339 e. The van der Waals surface area contributed by atoms with E-state index in [-0.39, 0.29) is 5.56 Å². The van der Waals surface area contributed by atoms with Crippen molar-refractivity contribution in [3.8, 4) is 0 Å². The lowest BCUT2D eigenvalue weighted by atomic mass is 10.1. The first-order valence-electron chi connectivity index (χ1n) is 6.04. The highest BCUT2D eigenvalue weighted by Gasteiger charge is 2.19. The van der Waals surface area contributed by atoms with Gasteiger partial charge in [0.2, 0.25) is 0 Å². The Bertz CT molecular complexity index is 557. The zero-order valence-electron chi connectivity index (χ0n) is 10.6. The summed E-state index contributed by atoms with van der Waals surface area (Å²) in [6.45, 7) is 5.47. The number of aromatic carboxylic acids is 1. The summed E-state index contributed by atoms with van der Waals surface area (Å²) in [6, 6.07) is 7.21. The molecule has 18 heavy (non-hydrogen) atoms. The average molecular weight is 247 g/mol. The molecule has 0 spiro atoms. The van der Waals surface area contributed by atoms with Crippen LogP contribution in [0.4, 0.5) is 0 Å². The molecule has 0 unspecified atom stereocenters. The van der Waals surface area contributed by atoms with Gasteiger partial charge in [-0.1, -0.05) is 32.0 Å². The first-order chi connectivity index (χ1) is 8.59. The van der Waals surface area contributed by atoms with Crippen molar-refractivity contribution >= 4 is 16.9 Å². The molecule has 2 aromatic rings. The summed E-state index contributed by atoms with van der Waals surface area (Å²) in [7, 11) is 0. The SMILES string of the molecule is CC(C)CNCc1oc2ccccc2c1C(=O)O. The summed E-state index contributed by atoms with van der Waals surface area (Å²) < 4.78 is 5.60. The molecule has 1 aromatic heterocycles. The van der Waals surface area contributed by atoms with E-state index in [4.69, 9.17) is 4.42 Å². The average Bonchev–Trinajstić information content (AvgIpc) is 2.66. The Labute approximate surface area is 106 Å². The largest absolute Gasteiger partial charge is 0.478 e. The van der Waals surface area contributed by atoms with E-state index in [9.17, 15) is 9.90 Å². The van der Waals surface area contributed by atoms with Crippen LogP contribution in [-0.2, 0) is 6.54 Å². The van der Waals surface area contributed by atoms with Crippen LogP contribution in [0.3, 0.4) is 0 Å². The van der Waals surface area contributed by atoms with Crippen LogP contribution in [0.2, 0.25) is 0 Å². The molecule has 0 fully saturated rings. The number of hydrogen-bond donors (Lipinski definition) is 2. The van der Waals surface area contributed by atoms with Gasteiger partial charge >= 0.3 is 5.97 Å². The first-order valence-corrected chi connectivity index (χ1v) is 6.04. The molecule has 96 valence electrons. The standard InChI is InChI=1S/C14H17NO3/c1-9(2)7-15-8-12-13(14(16)17)10-5-3-4-6-11(10)18-12/h3-6,9,15H,7-8H2,1-2H3,(H,16,17). The molecule has 2 N–H and O–H groups in total. The maximum atomic E-state index is 11.3. The van der Waals surface area contributed by atoms with Crippen LogP contribution in [0, 0.1) is 5.92 Å². The highest BCUT2D eigenvalue weighted by atomic mass is 16.4. The van der Waals surface area contributed by atoms with E-state index in [1.165, 1.54) is 0 Å². The third kappa shape index (κ3) is 2.54. The van der Waals surface area contributed by atoms with Crippen LogP contribution >= 0.6 is 0 Å². The van der Waals surface area contributed by atoms with Crippen molar-refractivity contribution in [3.63, 3.8) is 0 Å². The van der Waals surface area contributed by atoms with E-state index in [1.54, 1.807) is 12.1 Å². The molecule has 2 rings (SSSR count). The summed E-state index contributed by atoms with van der Waals surface area (Å²) in [5.74, 6) is 0.0632. The van der Waals surface area contributed by atoms with Gasteiger partial charge in [0.25, 0.3) is 0 Å². The summed E-state index contributed by atoms with van der Waals surface area (Å²) in [5, 5.41) is 13.1. The van der Waals surface area contributed by atoms with Crippen LogP contribution in [0.1, 0.15) is 30.0 Å². The number of nitrogens with one attached hydrogen (secondary N) is 1.